The molecule has 0 spiro atoms. The lowest BCUT2D eigenvalue weighted by molar-refractivity contribution is -0.384. The minimum atomic E-state index is -0.420. The second kappa shape index (κ2) is 4.15. The van der Waals surface area contributed by atoms with Gasteiger partial charge in [-0.25, -0.2) is 0 Å². The molecular formula is C8H9ClN2O3. The number of hydrogen-bond acceptors (Lipinski definition) is 4. The fourth-order valence-corrected chi connectivity index (χ4v) is 1.24. The summed E-state index contributed by atoms with van der Waals surface area (Å²) in [7, 11) is 0. The third-order valence-electron chi connectivity index (χ3n) is 1.85. The number of nitro groups is 1. The number of fused-ring (bicyclic) bond motifs is 1. The molecule has 0 saturated heterocycles. The lowest BCUT2D eigenvalue weighted by Crippen LogP contribution is -2.17. The molecule has 2 rings (SSSR count). The molecule has 0 radical (unpaired) electrons. The van der Waals surface area contributed by atoms with Gasteiger partial charge in [0.15, 0.2) is 0 Å². The van der Waals surface area contributed by atoms with E-state index >= 15 is 0 Å². The van der Waals surface area contributed by atoms with E-state index in [0.717, 1.165) is 0 Å². The molecule has 5 nitrogen and oxygen atoms in total. The van der Waals surface area contributed by atoms with Crippen LogP contribution in [0.1, 0.15) is 0 Å². The van der Waals surface area contributed by atoms with Crippen LogP contribution in [-0.2, 0) is 0 Å². The zero-order valence-electron chi connectivity index (χ0n) is 7.23. The second-order valence-corrected chi connectivity index (χ2v) is 2.71. The molecule has 0 atom stereocenters. The van der Waals surface area contributed by atoms with Crippen LogP contribution >= 0.6 is 12.4 Å². The molecular weight excluding hydrogens is 208 g/mol. The van der Waals surface area contributed by atoms with E-state index in [4.69, 9.17) is 4.74 Å². The van der Waals surface area contributed by atoms with E-state index in [0.29, 0.717) is 24.6 Å². The number of non-ortho nitro benzene ring substituents is 1. The third kappa shape index (κ3) is 1.88. The van der Waals surface area contributed by atoms with Crippen LogP contribution in [0, 0.1) is 10.1 Å². The van der Waals surface area contributed by atoms with E-state index in [-0.39, 0.29) is 18.1 Å². The summed E-state index contributed by atoms with van der Waals surface area (Å²) in [6.45, 7) is 1.29. The van der Waals surface area contributed by atoms with Crippen molar-refractivity contribution in [2.24, 2.45) is 0 Å². The van der Waals surface area contributed by atoms with Crippen molar-refractivity contribution in [1.29, 1.82) is 0 Å². The van der Waals surface area contributed by atoms with Crippen LogP contribution in [0.4, 0.5) is 11.4 Å². The number of rotatable bonds is 1. The normalized spacial score (nSPS) is 12.9. The zero-order chi connectivity index (χ0) is 9.26. The van der Waals surface area contributed by atoms with Crippen molar-refractivity contribution < 1.29 is 9.66 Å². The van der Waals surface area contributed by atoms with Gasteiger partial charge in [0.25, 0.3) is 5.69 Å². The largest absolute Gasteiger partial charge is 0.490 e. The van der Waals surface area contributed by atoms with Gasteiger partial charge >= 0.3 is 0 Å². The number of benzene rings is 1. The molecule has 0 saturated carbocycles. The number of hydrogen-bond donors (Lipinski definition) is 1. The highest BCUT2D eigenvalue weighted by Crippen LogP contribution is 2.30. The minimum Gasteiger partial charge on any atom is -0.490 e. The van der Waals surface area contributed by atoms with E-state index in [9.17, 15) is 10.1 Å². The average molecular weight is 217 g/mol. The summed E-state index contributed by atoms with van der Waals surface area (Å²) in [5, 5.41) is 13.5. The molecule has 76 valence electrons. The van der Waals surface area contributed by atoms with Gasteiger partial charge in [-0.3, -0.25) is 10.1 Å². The maximum Gasteiger partial charge on any atom is 0.271 e. The van der Waals surface area contributed by atoms with Crippen molar-refractivity contribution in [2.45, 2.75) is 0 Å². The highest BCUT2D eigenvalue weighted by Gasteiger charge is 2.13. The summed E-state index contributed by atoms with van der Waals surface area (Å²) in [6, 6.07) is 4.53. The number of nitrogens with one attached hydrogen (secondary N) is 1. The van der Waals surface area contributed by atoms with Crippen molar-refractivity contribution in [3.8, 4) is 5.75 Å². The lowest BCUT2D eigenvalue weighted by Gasteiger charge is -2.18. The smallest absolute Gasteiger partial charge is 0.271 e. The maximum absolute atomic E-state index is 10.4. The van der Waals surface area contributed by atoms with E-state index in [1.165, 1.54) is 12.1 Å². The molecule has 0 aliphatic carbocycles. The molecule has 0 amide bonds. The van der Waals surface area contributed by atoms with Crippen molar-refractivity contribution in [3.63, 3.8) is 0 Å². The van der Waals surface area contributed by atoms with Crippen LogP contribution in [0.25, 0.3) is 0 Å². The molecule has 0 bridgehead atoms. The van der Waals surface area contributed by atoms with Gasteiger partial charge in [-0.05, 0) is 6.07 Å². The minimum absolute atomic E-state index is 0. The molecule has 0 unspecified atom stereocenters. The van der Waals surface area contributed by atoms with E-state index in [2.05, 4.69) is 5.32 Å². The van der Waals surface area contributed by atoms with Gasteiger partial charge in [0.1, 0.15) is 12.4 Å². The summed E-state index contributed by atoms with van der Waals surface area (Å²) in [5.41, 5.74) is 0.775. The molecule has 1 N–H and O–H groups in total. The predicted octanol–water partition coefficient (Wildman–Crippen LogP) is 1.82. The summed E-state index contributed by atoms with van der Waals surface area (Å²) >= 11 is 0. The summed E-state index contributed by atoms with van der Waals surface area (Å²) in [4.78, 5) is 10.0. The first-order valence-electron chi connectivity index (χ1n) is 3.92. The molecule has 0 fully saturated rings. The monoisotopic (exact) mass is 216 g/mol. The van der Waals surface area contributed by atoms with Crippen molar-refractivity contribution in [3.05, 3.63) is 28.3 Å². The number of nitro benzene ring substituents is 1. The Kier molecular flexibility index (Phi) is 3.14. The topological polar surface area (TPSA) is 64.4 Å². The first-order chi connectivity index (χ1) is 6.27. The molecule has 0 aromatic heterocycles. The van der Waals surface area contributed by atoms with Gasteiger partial charge in [0.05, 0.1) is 10.6 Å². The van der Waals surface area contributed by atoms with Crippen LogP contribution in [-0.4, -0.2) is 18.1 Å². The van der Waals surface area contributed by atoms with Gasteiger partial charge in [-0.15, -0.1) is 12.4 Å². The lowest BCUT2D eigenvalue weighted by atomic mass is 10.2. The van der Waals surface area contributed by atoms with Gasteiger partial charge in [-0.2, -0.15) is 0 Å². The Balaban J connectivity index is 0.000000980. The van der Waals surface area contributed by atoms with Gasteiger partial charge < -0.3 is 10.1 Å². The maximum atomic E-state index is 10.4. The number of halogens is 1. The number of ether oxygens (including phenoxy) is 1. The van der Waals surface area contributed by atoms with Crippen molar-refractivity contribution in [2.75, 3.05) is 18.5 Å². The molecule has 1 aliphatic heterocycles. The average Bonchev–Trinajstić information content (AvgIpc) is 2.17. The molecule has 1 aliphatic rings. The van der Waals surface area contributed by atoms with Gasteiger partial charge in [-0.1, -0.05) is 0 Å². The van der Waals surface area contributed by atoms with E-state index < -0.39 is 4.92 Å². The Morgan fingerprint density at radius 1 is 1.50 bits per heavy atom. The highest BCUT2D eigenvalue weighted by molar-refractivity contribution is 5.85. The van der Waals surface area contributed by atoms with Gasteiger partial charge in [0, 0.05) is 18.7 Å². The zero-order valence-corrected chi connectivity index (χ0v) is 8.04. The van der Waals surface area contributed by atoms with Crippen molar-refractivity contribution >= 4 is 23.8 Å². The van der Waals surface area contributed by atoms with Crippen LogP contribution in [0.2, 0.25) is 0 Å². The van der Waals surface area contributed by atoms with Crippen LogP contribution < -0.4 is 10.1 Å². The molecule has 1 heterocycles. The third-order valence-corrected chi connectivity index (χ3v) is 1.85. The predicted molar refractivity (Wildman–Crippen MR) is 54.3 cm³/mol. The van der Waals surface area contributed by atoms with Gasteiger partial charge in [0.2, 0.25) is 0 Å². The van der Waals surface area contributed by atoms with E-state index in [1.54, 1.807) is 6.07 Å². The quantitative estimate of drug-likeness (QED) is 0.575. The van der Waals surface area contributed by atoms with Crippen LogP contribution in [0.5, 0.6) is 5.75 Å². The molecule has 1 aromatic carbocycles. The summed E-state index contributed by atoms with van der Waals surface area (Å²) in [6.07, 6.45) is 0. The second-order valence-electron chi connectivity index (χ2n) is 2.71. The Morgan fingerprint density at radius 3 is 3.00 bits per heavy atom. The fraction of sp³-hybridized carbons (Fsp3) is 0.250. The molecule has 6 heteroatoms. The Morgan fingerprint density at radius 2 is 2.29 bits per heavy atom. The first kappa shape index (κ1) is 10.6. The number of nitrogens with zero attached hydrogens (tertiary/aromatic N) is 1. The first-order valence-corrected chi connectivity index (χ1v) is 3.92. The molecule has 1 aromatic rings. The SMILES string of the molecule is Cl.O=[N+]([O-])c1ccc2c(c1)NCCO2. The van der Waals surface area contributed by atoms with Crippen molar-refractivity contribution in [1.82, 2.24) is 0 Å². The Labute approximate surface area is 86.6 Å². The Bertz CT molecular complexity index is 356. The Hall–Kier alpha value is -1.49. The van der Waals surface area contributed by atoms with E-state index in [1.807, 2.05) is 0 Å². The summed E-state index contributed by atoms with van der Waals surface area (Å²) in [5.74, 6) is 0.678. The standard InChI is InChI=1S/C8H8N2O3.ClH/c11-10(12)6-1-2-8-7(5-6)9-3-4-13-8;/h1-2,5,9H,3-4H2;1H. The fourth-order valence-electron chi connectivity index (χ4n) is 1.24. The van der Waals surface area contributed by atoms with Crippen LogP contribution in [0.3, 0.4) is 0 Å². The number of anilines is 1. The highest BCUT2D eigenvalue weighted by atomic mass is 35.5. The summed E-state index contributed by atoms with van der Waals surface area (Å²) < 4.78 is 5.27. The molecule has 14 heavy (non-hydrogen) atoms. The van der Waals surface area contributed by atoms with Crippen LogP contribution in [0.15, 0.2) is 18.2 Å².